The molecular weight excluding hydrogens is 406 g/mol. The smallest absolute Gasteiger partial charge is 0.175 e. The minimum Gasteiger partial charge on any atom is -0.357 e. The van der Waals surface area contributed by atoms with Crippen LogP contribution in [0.15, 0.2) is 18.6 Å². The molecule has 0 atom stereocenters. The number of carbonyl (C=O) groups is 1. The van der Waals surface area contributed by atoms with E-state index in [0.29, 0.717) is 28.9 Å². The minimum absolute atomic E-state index is 0.126. The molecule has 0 unspecified atom stereocenters. The summed E-state index contributed by atoms with van der Waals surface area (Å²) < 4.78 is 24.7. The topological polar surface area (TPSA) is 86.7 Å². The molecule has 0 saturated heterocycles. The number of hydrogen-bond acceptors (Lipinski definition) is 7. The molecule has 0 aliphatic rings. The number of thiocarbonyl (C=S) groups is 2. The van der Waals surface area contributed by atoms with Gasteiger partial charge in [-0.25, -0.2) is 8.42 Å². The molecule has 0 N–H and O–H groups in total. The van der Waals surface area contributed by atoms with Crippen molar-refractivity contribution in [2.24, 2.45) is 0 Å². The number of ketones is 1. The van der Waals surface area contributed by atoms with E-state index in [-0.39, 0.29) is 12.4 Å². The fraction of sp³-hybridized carbons (Fsp3) is 0.562. The van der Waals surface area contributed by atoms with E-state index in [9.17, 15) is 13.2 Å². The molecule has 0 fully saturated rings. The normalized spacial score (nSPS) is 11.0. The summed E-state index contributed by atoms with van der Waals surface area (Å²) in [7, 11) is -0.423. The van der Waals surface area contributed by atoms with Crippen LogP contribution in [0.5, 0.6) is 0 Å². The monoisotopic (exact) mass is 431 g/mol. The Kier molecular flexibility index (Phi) is 9.13. The summed E-state index contributed by atoms with van der Waals surface area (Å²) in [6.45, 7) is 5.13. The molecule has 0 aliphatic carbocycles. The lowest BCUT2D eigenvalue weighted by atomic mass is 10.3. The highest BCUT2D eigenvalue weighted by atomic mass is 32.2. The third kappa shape index (κ3) is 7.43. The average Bonchev–Trinajstić information content (AvgIpc) is 2.61. The Labute approximate surface area is 171 Å². The predicted octanol–water partition coefficient (Wildman–Crippen LogP) is 0.584. The van der Waals surface area contributed by atoms with Crippen molar-refractivity contribution in [2.75, 3.05) is 45.4 Å². The van der Waals surface area contributed by atoms with E-state index in [2.05, 4.69) is 9.97 Å². The second-order valence-electron chi connectivity index (χ2n) is 5.96. The summed E-state index contributed by atoms with van der Waals surface area (Å²) in [6, 6.07) is 0. The van der Waals surface area contributed by atoms with Crippen LogP contribution in [0.1, 0.15) is 19.5 Å². The first-order valence-corrected chi connectivity index (χ1v) is 11.0. The zero-order valence-corrected chi connectivity index (χ0v) is 18.4. The first-order valence-electron chi connectivity index (χ1n) is 8.34. The predicted molar refractivity (Wildman–Crippen MR) is 113 cm³/mol. The van der Waals surface area contributed by atoms with Gasteiger partial charge in [-0.1, -0.05) is 12.2 Å². The number of aromatic nitrogens is 2. The molecule has 1 heterocycles. The van der Waals surface area contributed by atoms with Crippen LogP contribution >= 0.6 is 24.4 Å². The van der Waals surface area contributed by atoms with Gasteiger partial charge in [-0.15, -0.1) is 0 Å². The van der Waals surface area contributed by atoms with Crippen LogP contribution in [-0.2, 0) is 14.6 Å². The quantitative estimate of drug-likeness (QED) is 0.518. The van der Waals surface area contributed by atoms with E-state index >= 15 is 0 Å². The maximum absolute atomic E-state index is 12.4. The van der Waals surface area contributed by atoms with Crippen molar-refractivity contribution >= 4 is 50.2 Å². The van der Waals surface area contributed by atoms with Crippen LogP contribution < -0.4 is 0 Å². The van der Waals surface area contributed by atoms with Gasteiger partial charge in [-0.3, -0.25) is 14.8 Å². The van der Waals surface area contributed by atoms with Crippen molar-refractivity contribution in [1.29, 1.82) is 0 Å². The molecule has 0 aliphatic heterocycles. The molecule has 8 nitrogen and oxygen atoms in total. The maximum atomic E-state index is 12.4. The number of rotatable bonds is 9. The molecule has 150 valence electrons. The van der Waals surface area contributed by atoms with Crippen LogP contribution in [0, 0.1) is 0 Å². The van der Waals surface area contributed by atoms with Gasteiger partial charge < -0.3 is 14.7 Å². The Hall–Kier alpha value is -1.72. The lowest BCUT2D eigenvalue weighted by Gasteiger charge is -2.29. The number of Topliss-reactive ketones (excluding diaryl/α,β-unsaturated/α-hetero) is 1. The van der Waals surface area contributed by atoms with Crippen LogP contribution in [-0.4, -0.2) is 94.3 Å². The number of nitrogens with zero attached hydrogens (tertiary/aromatic N) is 5. The molecule has 11 heteroatoms. The SMILES string of the molecule is CCN(CC)C(=S)N(C)CS(=O)(=O)CC(=O)CN(C)C(=S)c1cnccn1. The van der Waals surface area contributed by atoms with Crippen molar-refractivity contribution in [2.45, 2.75) is 13.8 Å². The molecule has 0 aromatic carbocycles. The Morgan fingerprint density at radius 2 is 1.74 bits per heavy atom. The summed E-state index contributed by atoms with van der Waals surface area (Å²) in [4.78, 5) is 25.4. The molecule has 0 spiro atoms. The molecule has 0 radical (unpaired) electrons. The van der Waals surface area contributed by atoms with Crippen molar-refractivity contribution in [1.82, 2.24) is 24.7 Å². The van der Waals surface area contributed by atoms with Gasteiger partial charge in [0.1, 0.15) is 22.3 Å². The molecular formula is C16H25N5O3S3. The molecule has 0 amide bonds. The second kappa shape index (κ2) is 10.6. The summed E-state index contributed by atoms with van der Waals surface area (Å²) >= 11 is 10.6. The molecule has 27 heavy (non-hydrogen) atoms. The lowest BCUT2D eigenvalue weighted by Crippen LogP contribution is -2.44. The van der Waals surface area contributed by atoms with E-state index in [1.807, 2.05) is 18.7 Å². The highest BCUT2D eigenvalue weighted by molar-refractivity contribution is 7.92. The van der Waals surface area contributed by atoms with E-state index in [4.69, 9.17) is 24.4 Å². The first-order chi connectivity index (χ1) is 12.6. The third-order valence-electron chi connectivity index (χ3n) is 3.67. The van der Waals surface area contributed by atoms with Crippen LogP contribution in [0.4, 0.5) is 0 Å². The van der Waals surface area contributed by atoms with Gasteiger partial charge in [0.15, 0.2) is 20.7 Å². The van der Waals surface area contributed by atoms with Gasteiger partial charge in [0, 0.05) is 39.6 Å². The van der Waals surface area contributed by atoms with E-state index in [1.54, 1.807) is 14.1 Å². The average molecular weight is 432 g/mol. The van der Waals surface area contributed by atoms with E-state index in [0.717, 1.165) is 0 Å². The largest absolute Gasteiger partial charge is 0.357 e. The van der Waals surface area contributed by atoms with Gasteiger partial charge in [0.05, 0.1) is 12.7 Å². The Balaban J connectivity index is 2.64. The number of carbonyl (C=O) groups excluding carboxylic acids is 1. The fourth-order valence-electron chi connectivity index (χ4n) is 2.36. The van der Waals surface area contributed by atoms with Gasteiger partial charge in [0.2, 0.25) is 0 Å². The molecule has 0 bridgehead atoms. The van der Waals surface area contributed by atoms with Crippen molar-refractivity contribution in [3.05, 3.63) is 24.3 Å². The Morgan fingerprint density at radius 1 is 1.11 bits per heavy atom. The first kappa shape index (κ1) is 23.3. The Bertz CT molecular complexity index is 767. The zero-order valence-electron chi connectivity index (χ0n) is 16.0. The minimum atomic E-state index is -3.65. The van der Waals surface area contributed by atoms with Crippen molar-refractivity contribution in [3.8, 4) is 0 Å². The second-order valence-corrected chi connectivity index (χ2v) is 8.75. The van der Waals surface area contributed by atoms with Crippen molar-refractivity contribution < 1.29 is 13.2 Å². The molecule has 0 saturated carbocycles. The molecule has 1 aromatic rings. The fourth-order valence-corrected chi connectivity index (χ4v) is 4.32. The summed E-state index contributed by atoms with van der Waals surface area (Å²) in [5.74, 6) is -1.34. The highest BCUT2D eigenvalue weighted by Crippen LogP contribution is 2.04. The number of hydrogen-bond donors (Lipinski definition) is 0. The van der Waals surface area contributed by atoms with E-state index in [1.165, 1.54) is 28.4 Å². The maximum Gasteiger partial charge on any atom is 0.175 e. The number of sulfone groups is 1. The van der Waals surface area contributed by atoms with Gasteiger partial charge in [-0.05, 0) is 26.1 Å². The van der Waals surface area contributed by atoms with E-state index < -0.39 is 21.4 Å². The standard InChI is InChI=1S/C16H25N5O3S3/c1-5-21(6-2)16(26)20(4)12-27(23,24)11-13(22)10-19(3)15(25)14-9-17-7-8-18-14/h7-9H,5-6,10-12H2,1-4H3. The highest BCUT2D eigenvalue weighted by Gasteiger charge is 2.23. The van der Waals surface area contributed by atoms with Gasteiger partial charge in [0.25, 0.3) is 0 Å². The summed E-state index contributed by atoms with van der Waals surface area (Å²) in [6.07, 6.45) is 4.50. The Morgan fingerprint density at radius 3 is 2.26 bits per heavy atom. The molecule has 1 aromatic heterocycles. The van der Waals surface area contributed by atoms with Crippen LogP contribution in [0.25, 0.3) is 0 Å². The summed E-state index contributed by atoms with van der Waals surface area (Å²) in [5, 5.41) is 0.442. The zero-order chi connectivity index (χ0) is 20.6. The van der Waals surface area contributed by atoms with Gasteiger partial charge in [-0.2, -0.15) is 0 Å². The molecule has 1 rings (SSSR count). The third-order valence-corrected chi connectivity index (χ3v) is 6.31. The van der Waals surface area contributed by atoms with Crippen molar-refractivity contribution in [3.63, 3.8) is 0 Å². The number of likely N-dealkylation sites (N-methyl/N-ethyl adjacent to an activating group) is 1. The summed E-state index contributed by atoms with van der Waals surface area (Å²) in [5.41, 5.74) is 0.454. The van der Waals surface area contributed by atoms with Crippen LogP contribution in [0.3, 0.4) is 0 Å². The van der Waals surface area contributed by atoms with Gasteiger partial charge >= 0.3 is 0 Å². The lowest BCUT2D eigenvalue weighted by molar-refractivity contribution is -0.116. The van der Waals surface area contributed by atoms with Crippen LogP contribution in [0.2, 0.25) is 0 Å².